The summed E-state index contributed by atoms with van der Waals surface area (Å²) in [5.74, 6) is -0.594. The zero-order valence-corrected chi connectivity index (χ0v) is 15.8. The van der Waals surface area contributed by atoms with Gasteiger partial charge < -0.3 is 14.8 Å². The second kappa shape index (κ2) is 8.28. The van der Waals surface area contributed by atoms with Gasteiger partial charge in [0, 0.05) is 6.20 Å². The van der Waals surface area contributed by atoms with Crippen molar-refractivity contribution in [3.05, 3.63) is 24.0 Å². The SMILES string of the molecule is CCS(=O)(=O)c1ccc(C(CC(=O)OC)NC(=O)OC(C)(C)C)nc1. The molecule has 0 saturated heterocycles. The molecule has 1 aromatic rings. The van der Waals surface area contributed by atoms with Crippen molar-refractivity contribution in [2.24, 2.45) is 0 Å². The van der Waals surface area contributed by atoms with Crippen LogP contribution < -0.4 is 5.32 Å². The zero-order chi connectivity index (χ0) is 19.3. The minimum Gasteiger partial charge on any atom is -0.469 e. The van der Waals surface area contributed by atoms with E-state index in [0.29, 0.717) is 5.69 Å². The van der Waals surface area contributed by atoms with E-state index < -0.39 is 33.5 Å². The number of sulfone groups is 1. The molecule has 1 heterocycles. The van der Waals surface area contributed by atoms with Gasteiger partial charge in [-0.25, -0.2) is 13.2 Å². The molecule has 140 valence electrons. The second-order valence-electron chi connectivity index (χ2n) is 6.30. The predicted octanol–water partition coefficient (Wildman–Crippen LogP) is 2.00. The Hall–Kier alpha value is -2.16. The number of nitrogens with one attached hydrogen (secondary N) is 1. The van der Waals surface area contributed by atoms with Gasteiger partial charge in [-0.2, -0.15) is 0 Å². The Balaban J connectivity index is 3.03. The van der Waals surface area contributed by atoms with E-state index in [9.17, 15) is 18.0 Å². The maximum Gasteiger partial charge on any atom is 0.408 e. The molecule has 0 aliphatic rings. The fourth-order valence-corrected chi connectivity index (χ4v) is 2.70. The van der Waals surface area contributed by atoms with Crippen molar-refractivity contribution in [1.29, 1.82) is 0 Å². The average molecular weight is 372 g/mol. The highest BCUT2D eigenvalue weighted by molar-refractivity contribution is 7.91. The monoisotopic (exact) mass is 372 g/mol. The number of alkyl carbamates (subject to hydrolysis) is 1. The number of methoxy groups -OCH3 is 1. The van der Waals surface area contributed by atoms with Gasteiger partial charge in [-0.05, 0) is 32.9 Å². The van der Waals surface area contributed by atoms with Crippen molar-refractivity contribution in [2.75, 3.05) is 12.9 Å². The normalized spacial score (nSPS) is 13.0. The lowest BCUT2D eigenvalue weighted by atomic mass is 10.1. The van der Waals surface area contributed by atoms with Crippen molar-refractivity contribution in [3.63, 3.8) is 0 Å². The fourth-order valence-electron chi connectivity index (χ4n) is 1.88. The van der Waals surface area contributed by atoms with Gasteiger partial charge in [0.1, 0.15) is 5.60 Å². The van der Waals surface area contributed by atoms with Crippen LogP contribution in [-0.4, -0.2) is 43.9 Å². The van der Waals surface area contributed by atoms with E-state index in [4.69, 9.17) is 4.74 Å². The van der Waals surface area contributed by atoms with Crippen LogP contribution in [0, 0.1) is 0 Å². The molecule has 1 aromatic heterocycles. The number of amides is 1. The third kappa shape index (κ3) is 6.69. The lowest BCUT2D eigenvalue weighted by Gasteiger charge is -2.23. The standard InChI is InChI=1S/C16H24N2O6S/c1-6-25(21,22)11-7-8-12(17-10-11)13(9-14(19)23-5)18-15(20)24-16(2,3)4/h7-8,10,13H,6,9H2,1-5H3,(H,18,20). The summed E-state index contributed by atoms with van der Waals surface area (Å²) >= 11 is 0. The molecule has 8 nitrogen and oxygen atoms in total. The number of esters is 1. The van der Waals surface area contributed by atoms with E-state index in [1.807, 2.05) is 0 Å². The highest BCUT2D eigenvalue weighted by Gasteiger charge is 2.24. The van der Waals surface area contributed by atoms with Crippen LogP contribution in [0.15, 0.2) is 23.2 Å². The first kappa shape index (κ1) is 20.9. The van der Waals surface area contributed by atoms with Crippen molar-refractivity contribution in [3.8, 4) is 0 Å². The van der Waals surface area contributed by atoms with Gasteiger partial charge in [0.05, 0.1) is 35.9 Å². The van der Waals surface area contributed by atoms with E-state index >= 15 is 0 Å². The maximum absolute atomic E-state index is 12.0. The molecule has 9 heteroatoms. The van der Waals surface area contributed by atoms with Crippen LogP contribution in [0.4, 0.5) is 4.79 Å². The number of hydrogen-bond donors (Lipinski definition) is 1. The van der Waals surface area contributed by atoms with Gasteiger partial charge in [0.25, 0.3) is 0 Å². The van der Waals surface area contributed by atoms with Crippen LogP contribution in [0.5, 0.6) is 0 Å². The molecule has 1 atom stereocenters. The smallest absolute Gasteiger partial charge is 0.408 e. The van der Waals surface area contributed by atoms with E-state index in [-0.39, 0.29) is 17.1 Å². The summed E-state index contributed by atoms with van der Waals surface area (Å²) in [4.78, 5) is 27.7. The van der Waals surface area contributed by atoms with Crippen LogP contribution in [-0.2, 0) is 24.1 Å². The largest absolute Gasteiger partial charge is 0.469 e. The fraction of sp³-hybridized carbons (Fsp3) is 0.562. The molecule has 1 rings (SSSR count). The maximum atomic E-state index is 12.0. The molecule has 1 amide bonds. The molecule has 0 bridgehead atoms. The number of aromatic nitrogens is 1. The van der Waals surface area contributed by atoms with Gasteiger partial charge in [-0.3, -0.25) is 9.78 Å². The third-order valence-corrected chi connectivity index (χ3v) is 4.86. The molecular weight excluding hydrogens is 348 g/mol. The number of rotatable bonds is 6. The molecular formula is C16H24N2O6S. The van der Waals surface area contributed by atoms with Crippen LogP contribution >= 0.6 is 0 Å². The quantitative estimate of drug-likeness (QED) is 0.760. The Bertz CT molecular complexity index is 707. The molecule has 25 heavy (non-hydrogen) atoms. The Kier molecular flexibility index (Phi) is 6.92. The molecule has 0 aliphatic heterocycles. The van der Waals surface area contributed by atoms with Crippen molar-refractivity contribution < 1.29 is 27.5 Å². The van der Waals surface area contributed by atoms with Crippen LogP contribution in [0.1, 0.15) is 45.9 Å². The summed E-state index contributed by atoms with van der Waals surface area (Å²) in [6.45, 7) is 6.67. The molecule has 0 aromatic carbocycles. The topological polar surface area (TPSA) is 112 Å². The second-order valence-corrected chi connectivity index (χ2v) is 8.58. The van der Waals surface area contributed by atoms with Gasteiger partial charge in [0.15, 0.2) is 9.84 Å². The minimum atomic E-state index is -3.38. The Labute approximate surface area is 147 Å². The van der Waals surface area contributed by atoms with Gasteiger partial charge in [-0.15, -0.1) is 0 Å². The van der Waals surface area contributed by atoms with Crippen molar-refractivity contribution >= 4 is 21.9 Å². The van der Waals surface area contributed by atoms with Gasteiger partial charge >= 0.3 is 12.1 Å². The molecule has 0 radical (unpaired) electrons. The van der Waals surface area contributed by atoms with E-state index in [1.165, 1.54) is 32.4 Å². The van der Waals surface area contributed by atoms with E-state index in [0.717, 1.165) is 0 Å². The minimum absolute atomic E-state index is 0.0459. The molecule has 1 N–H and O–H groups in total. The van der Waals surface area contributed by atoms with Crippen molar-refractivity contribution in [2.45, 2.75) is 50.7 Å². The number of carbonyl (C=O) groups is 2. The molecule has 0 fully saturated rings. The lowest BCUT2D eigenvalue weighted by molar-refractivity contribution is -0.141. The zero-order valence-electron chi connectivity index (χ0n) is 15.0. The summed E-state index contributed by atoms with van der Waals surface area (Å²) in [5.41, 5.74) is -0.377. The van der Waals surface area contributed by atoms with Crippen LogP contribution in [0.25, 0.3) is 0 Å². The summed E-state index contributed by atoms with van der Waals surface area (Å²) in [5, 5.41) is 2.55. The Morgan fingerprint density at radius 1 is 1.28 bits per heavy atom. The van der Waals surface area contributed by atoms with Crippen LogP contribution in [0.3, 0.4) is 0 Å². The number of pyridine rings is 1. The summed E-state index contributed by atoms with van der Waals surface area (Å²) in [6.07, 6.45) is 0.325. The summed E-state index contributed by atoms with van der Waals surface area (Å²) in [6, 6.07) is 2.04. The first-order valence-corrected chi connectivity index (χ1v) is 9.38. The average Bonchev–Trinajstić information content (AvgIpc) is 2.52. The number of ether oxygens (including phenoxy) is 2. The first-order chi connectivity index (χ1) is 11.5. The Morgan fingerprint density at radius 2 is 1.92 bits per heavy atom. The predicted molar refractivity (Wildman–Crippen MR) is 90.7 cm³/mol. The number of carbonyl (C=O) groups excluding carboxylic acids is 2. The highest BCUT2D eigenvalue weighted by atomic mass is 32.2. The van der Waals surface area contributed by atoms with Gasteiger partial charge in [0.2, 0.25) is 0 Å². The van der Waals surface area contributed by atoms with E-state index in [2.05, 4.69) is 15.0 Å². The molecule has 0 spiro atoms. The van der Waals surface area contributed by atoms with Gasteiger partial charge in [-0.1, -0.05) is 6.92 Å². The Morgan fingerprint density at radius 3 is 2.36 bits per heavy atom. The van der Waals surface area contributed by atoms with Crippen LogP contribution in [0.2, 0.25) is 0 Å². The molecule has 1 unspecified atom stereocenters. The molecule has 0 aliphatic carbocycles. The highest BCUT2D eigenvalue weighted by Crippen LogP contribution is 2.19. The van der Waals surface area contributed by atoms with Crippen molar-refractivity contribution in [1.82, 2.24) is 10.3 Å². The van der Waals surface area contributed by atoms with E-state index in [1.54, 1.807) is 20.8 Å². The molecule has 0 saturated carbocycles. The lowest BCUT2D eigenvalue weighted by Crippen LogP contribution is -2.36. The third-order valence-electron chi connectivity index (χ3n) is 3.14. The summed E-state index contributed by atoms with van der Waals surface area (Å²) < 4.78 is 33.5. The summed E-state index contributed by atoms with van der Waals surface area (Å²) in [7, 11) is -2.15. The number of nitrogens with zero attached hydrogens (tertiary/aromatic N) is 1. The number of hydrogen-bond acceptors (Lipinski definition) is 7. The first-order valence-electron chi connectivity index (χ1n) is 7.73.